The fraction of sp³-hybridized carbons (Fsp3) is 0.429. The smallest absolute Gasteiger partial charge is 0.0205 e. The third kappa shape index (κ3) is 6.03. The van der Waals surface area contributed by atoms with Gasteiger partial charge in [-0.15, -0.1) is 0 Å². The highest BCUT2D eigenvalue weighted by molar-refractivity contribution is 5.63. The Morgan fingerprint density at radius 1 is 0.727 bits per heavy atom. The van der Waals surface area contributed by atoms with E-state index in [1.54, 1.807) is 0 Å². The van der Waals surface area contributed by atoms with Gasteiger partial charge in [-0.1, -0.05) is 87.6 Å². The van der Waals surface area contributed by atoms with Crippen molar-refractivity contribution in [2.24, 2.45) is 0 Å². The molecule has 0 aromatic heterocycles. The highest BCUT2D eigenvalue weighted by Gasteiger charge is 1.98. The summed E-state index contributed by atoms with van der Waals surface area (Å²) in [6, 6.07) is 19.4. The van der Waals surface area contributed by atoms with E-state index in [0.29, 0.717) is 0 Å². The fourth-order valence-corrected chi connectivity index (χ4v) is 2.75. The third-order valence-electron chi connectivity index (χ3n) is 4.07. The molecule has 2 aromatic carbocycles. The molecule has 0 amide bonds. The molecule has 1 nitrogen and oxygen atoms in total. The van der Waals surface area contributed by atoms with Crippen LogP contribution in [0.25, 0.3) is 11.1 Å². The second-order valence-electron chi connectivity index (χ2n) is 6.01. The van der Waals surface area contributed by atoms with Crippen molar-refractivity contribution in [3.8, 4) is 11.1 Å². The van der Waals surface area contributed by atoms with Crippen LogP contribution in [-0.4, -0.2) is 6.54 Å². The summed E-state index contributed by atoms with van der Waals surface area (Å²) >= 11 is 0. The molecule has 0 unspecified atom stereocenters. The lowest BCUT2D eigenvalue weighted by Crippen LogP contribution is -2.14. The monoisotopic (exact) mass is 295 g/mol. The minimum Gasteiger partial charge on any atom is -0.313 e. The SMILES string of the molecule is CCCCCCCCNCc1cccc(-c2ccccc2)c1. The van der Waals surface area contributed by atoms with Gasteiger partial charge in [-0.25, -0.2) is 0 Å². The lowest BCUT2D eigenvalue weighted by atomic mass is 10.0. The zero-order chi connectivity index (χ0) is 15.5. The zero-order valence-corrected chi connectivity index (χ0v) is 13.9. The van der Waals surface area contributed by atoms with Gasteiger partial charge in [-0.05, 0) is 35.7 Å². The van der Waals surface area contributed by atoms with Crippen LogP contribution in [0.4, 0.5) is 0 Å². The fourth-order valence-electron chi connectivity index (χ4n) is 2.75. The summed E-state index contributed by atoms with van der Waals surface area (Å²) in [5.74, 6) is 0. The van der Waals surface area contributed by atoms with E-state index < -0.39 is 0 Å². The Hall–Kier alpha value is -1.60. The van der Waals surface area contributed by atoms with Crippen LogP contribution in [0.1, 0.15) is 51.0 Å². The first-order chi connectivity index (χ1) is 10.9. The highest BCUT2D eigenvalue weighted by atomic mass is 14.8. The second-order valence-corrected chi connectivity index (χ2v) is 6.01. The van der Waals surface area contributed by atoms with Crippen molar-refractivity contribution in [1.29, 1.82) is 0 Å². The van der Waals surface area contributed by atoms with Crippen LogP contribution in [0.5, 0.6) is 0 Å². The van der Waals surface area contributed by atoms with E-state index in [2.05, 4.69) is 66.8 Å². The van der Waals surface area contributed by atoms with E-state index in [-0.39, 0.29) is 0 Å². The molecule has 22 heavy (non-hydrogen) atoms. The van der Waals surface area contributed by atoms with E-state index in [1.807, 2.05) is 0 Å². The Balaban J connectivity index is 1.70. The molecule has 0 aliphatic heterocycles. The highest BCUT2D eigenvalue weighted by Crippen LogP contribution is 2.19. The predicted octanol–water partition coefficient (Wildman–Crippen LogP) is 5.80. The minimum absolute atomic E-state index is 0.968. The Bertz CT molecular complexity index is 518. The van der Waals surface area contributed by atoms with Gasteiger partial charge in [0.1, 0.15) is 0 Å². The number of hydrogen-bond donors (Lipinski definition) is 1. The molecule has 0 atom stereocenters. The van der Waals surface area contributed by atoms with E-state index in [4.69, 9.17) is 0 Å². The summed E-state index contributed by atoms with van der Waals surface area (Å²) in [4.78, 5) is 0. The Kier molecular flexibility index (Phi) is 7.76. The van der Waals surface area contributed by atoms with Crippen molar-refractivity contribution >= 4 is 0 Å². The van der Waals surface area contributed by atoms with Crippen LogP contribution in [0.15, 0.2) is 54.6 Å². The van der Waals surface area contributed by atoms with E-state index in [9.17, 15) is 0 Å². The van der Waals surface area contributed by atoms with Crippen LogP contribution in [0.2, 0.25) is 0 Å². The normalized spacial score (nSPS) is 10.8. The molecule has 2 aromatic rings. The van der Waals surface area contributed by atoms with E-state index >= 15 is 0 Å². The molecule has 0 saturated heterocycles. The van der Waals surface area contributed by atoms with Gasteiger partial charge in [0.25, 0.3) is 0 Å². The molecule has 0 saturated carbocycles. The Labute approximate surface area is 135 Å². The maximum absolute atomic E-state index is 3.57. The molecule has 0 bridgehead atoms. The molecule has 0 aliphatic rings. The van der Waals surface area contributed by atoms with Gasteiger partial charge in [0, 0.05) is 6.54 Å². The molecular weight excluding hydrogens is 266 g/mol. The molecule has 1 N–H and O–H groups in total. The van der Waals surface area contributed by atoms with Gasteiger partial charge < -0.3 is 5.32 Å². The summed E-state index contributed by atoms with van der Waals surface area (Å²) in [5, 5.41) is 3.57. The van der Waals surface area contributed by atoms with Gasteiger partial charge in [-0.2, -0.15) is 0 Å². The summed E-state index contributed by atoms with van der Waals surface area (Å²) < 4.78 is 0. The maximum atomic E-state index is 3.57. The molecule has 0 fully saturated rings. The van der Waals surface area contributed by atoms with Crippen molar-refractivity contribution in [2.75, 3.05) is 6.54 Å². The summed E-state index contributed by atoms with van der Waals surface area (Å²) in [5.41, 5.74) is 3.96. The average molecular weight is 295 g/mol. The standard InChI is InChI=1S/C21H29N/c1-2-3-4-5-6-10-16-22-18-19-12-11-15-21(17-19)20-13-8-7-9-14-20/h7-9,11-15,17,22H,2-6,10,16,18H2,1H3. The van der Waals surface area contributed by atoms with Crippen molar-refractivity contribution in [1.82, 2.24) is 5.32 Å². The molecule has 118 valence electrons. The van der Waals surface area contributed by atoms with E-state index in [1.165, 1.54) is 55.2 Å². The van der Waals surface area contributed by atoms with Gasteiger partial charge in [0.15, 0.2) is 0 Å². The second kappa shape index (κ2) is 10.2. The largest absolute Gasteiger partial charge is 0.313 e. The average Bonchev–Trinajstić information content (AvgIpc) is 2.58. The van der Waals surface area contributed by atoms with Crippen LogP contribution in [0, 0.1) is 0 Å². The molecular formula is C21H29N. The first-order valence-electron chi connectivity index (χ1n) is 8.75. The molecule has 1 heteroatoms. The van der Waals surface area contributed by atoms with Crippen LogP contribution in [-0.2, 0) is 6.54 Å². The van der Waals surface area contributed by atoms with Crippen molar-refractivity contribution < 1.29 is 0 Å². The number of unbranched alkanes of at least 4 members (excludes halogenated alkanes) is 5. The van der Waals surface area contributed by atoms with Crippen molar-refractivity contribution in [3.63, 3.8) is 0 Å². The van der Waals surface area contributed by atoms with Gasteiger partial charge >= 0.3 is 0 Å². The first kappa shape index (κ1) is 16.8. The molecule has 0 radical (unpaired) electrons. The van der Waals surface area contributed by atoms with E-state index in [0.717, 1.165) is 13.1 Å². The number of nitrogens with one attached hydrogen (secondary N) is 1. The molecule has 0 aliphatic carbocycles. The van der Waals surface area contributed by atoms with Crippen molar-refractivity contribution in [2.45, 2.75) is 52.0 Å². The van der Waals surface area contributed by atoms with Gasteiger partial charge in [0.05, 0.1) is 0 Å². The topological polar surface area (TPSA) is 12.0 Å². The predicted molar refractivity (Wildman–Crippen MR) is 97.0 cm³/mol. The van der Waals surface area contributed by atoms with Crippen LogP contribution in [0.3, 0.4) is 0 Å². The third-order valence-corrected chi connectivity index (χ3v) is 4.07. The number of hydrogen-bond acceptors (Lipinski definition) is 1. The van der Waals surface area contributed by atoms with Gasteiger partial charge in [0.2, 0.25) is 0 Å². The Morgan fingerprint density at radius 2 is 1.45 bits per heavy atom. The zero-order valence-electron chi connectivity index (χ0n) is 13.9. The minimum atomic E-state index is 0.968. The lowest BCUT2D eigenvalue weighted by Gasteiger charge is -2.07. The maximum Gasteiger partial charge on any atom is 0.0205 e. The molecule has 0 spiro atoms. The Morgan fingerprint density at radius 3 is 2.27 bits per heavy atom. The van der Waals surface area contributed by atoms with Gasteiger partial charge in [-0.3, -0.25) is 0 Å². The van der Waals surface area contributed by atoms with Crippen LogP contribution < -0.4 is 5.32 Å². The molecule has 2 rings (SSSR count). The first-order valence-corrected chi connectivity index (χ1v) is 8.75. The number of rotatable bonds is 10. The summed E-state index contributed by atoms with van der Waals surface area (Å²) in [7, 11) is 0. The lowest BCUT2D eigenvalue weighted by molar-refractivity contribution is 0.572. The van der Waals surface area contributed by atoms with Crippen molar-refractivity contribution in [3.05, 3.63) is 60.2 Å². The summed E-state index contributed by atoms with van der Waals surface area (Å²) in [6.07, 6.45) is 8.16. The molecule has 0 heterocycles. The van der Waals surface area contributed by atoms with Crippen LogP contribution >= 0.6 is 0 Å². The summed E-state index contributed by atoms with van der Waals surface area (Å²) in [6.45, 7) is 4.36. The number of benzene rings is 2. The quantitative estimate of drug-likeness (QED) is 0.546.